The molecule has 7 nitrogen and oxygen atoms in total. The van der Waals surface area contributed by atoms with Gasteiger partial charge in [-0.05, 0) is 42.9 Å². The second kappa shape index (κ2) is 6.58. The van der Waals surface area contributed by atoms with E-state index in [0.29, 0.717) is 47.6 Å². The Kier molecular flexibility index (Phi) is 4.12. The van der Waals surface area contributed by atoms with Gasteiger partial charge in [-0.2, -0.15) is 0 Å². The van der Waals surface area contributed by atoms with Crippen LogP contribution in [-0.4, -0.2) is 22.1 Å². The first kappa shape index (κ1) is 18.2. The summed E-state index contributed by atoms with van der Waals surface area (Å²) in [5, 5.41) is 3.75. The van der Waals surface area contributed by atoms with Gasteiger partial charge in [0.05, 0.1) is 10.9 Å². The van der Waals surface area contributed by atoms with E-state index < -0.39 is 0 Å². The fraction of sp³-hybridized carbons (Fsp3) is 0.105. The third kappa shape index (κ3) is 2.89. The number of aromatic nitrogens is 2. The molecule has 146 valence electrons. The maximum atomic E-state index is 13.0. The predicted octanol–water partition coefficient (Wildman–Crippen LogP) is 4.51. The van der Waals surface area contributed by atoms with Crippen LogP contribution in [0.15, 0.2) is 35.1 Å². The number of thiazole rings is 1. The first-order chi connectivity index (χ1) is 13.9. The molecule has 4 aromatic rings. The van der Waals surface area contributed by atoms with E-state index in [4.69, 9.17) is 33.3 Å². The lowest BCUT2D eigenvalue weighted by Gasteiger charge is -2.08. The zero-order valence-corrected chi connectivity index (χ0v) is 17.3. The van der Waals surface area contributed by atoms with E-state index in [9.17, 15) is 9.59 Å². The number of hydrogen-bond donors (Lipinski definition) is 2. The molecule has 2 aromatic heterocycles. The van der Waals surface area contributed by atoms with E-state index in [-0.39, 0.29) is 18.3 Å². The second-order valence-corrected chi connectivity index (χ2v) is 8.55. The minimum Gasteiger partial charge on any atom is -0.454 e. The summed E-state index contributed by atoms with van der Waals surface area (Å²) in [6, 6.07) is 8.55. The zero-order valence-electron chi connectivity index (χ0n) is 14.9. The van der Waals surface area contributed by atoms with Crippen LogP contribution in [0.3, 0.4) is 0 Å². The van der Waals surface area contributed by atoms with Crippen molar-refractivity contribution in [3.63, 3.8) is 0 Å². The number of carbonyl (C=O) groups excluding carboxylic acids is 1. The van der Waals surface area contributed by atoms with Crippen molar-refractivity contribution >= 4 is 63.3 Å². The van der Waals surface area contributed by atoms with Crippen LogP contribution in [0.4, 0.5) is 5.69 Å². The molecule has 3 heterocycles. The van der Waals surface area contributed by atoms with Crippen molar-refractivity contribution in [3.8, 4) is 11.5 Å². The molecule has 1 amide bonds. The SMILES string of the molecule is Cc1ccc(Cl)cc1NC(=O)c1sc(=S)n2c1[nH]c(=O)c1cc3c(cc12)OCO3. The van der Waals surface area contributed by atoms with E-state index in [0.717, 1.165) is 16.9 Å². The van der Waals surface area contributed by atoms with Gasteiger partial charge in [0.15, 0.2) is 15.5 Å². The van der Waals surface area contributed by atoms with Crippen LogP contribution in [-0.2, 0) is 0 Å². The summed E-state index contributed by atoms with van der Waals surface area (Å²) in [7, 11) is 0. The number of H-pyrrole nitrogens is 1. The van der Waals surface area contributed by atoms with E-state index in [1.165, 1.54) is 0 Å². The topological polar surface area (TPSA) is 84.8 Å². The van der Waals surface area contributed by atoms with Crippen LogP contribution in [0.1, 0.15) is 15.2 Å². The van der Waals surface area contributed by atoms with Crippen LogP contribution in [0.2, 0.25) is 5.02 Å². The molecular weight excluding hydrogens is 434 g/mol. The highest BCUT2D eigenvalue weighted by molar-refractivity contribution is 7.73. The minimum atomic E-state index is -0.385. The van der Waals surface area contributed by atoms with Crippen LogP contribution < -0.4 is 20.3 Å². The van der Waals surface area contributed by atoms with Gasteiger partial charge in [-0.25, -0.2) is 0 Å². The quantitative estimate of drug-likeness (QED) is 0.443. The van der Waals surface area contributed by atoms with Crippen molar-refractivity contribution in [1.82, 2.24) is 9.38 Å². The Morgan fingerprint density at radius 3 is 2.83 bits per heavy atom. The summed E-state index contributed by atoms with van der Waals surface area (Å²) >= 11 is 12.6. The summed E-state index contributed by atoms with van der Waals surface area (Å²) < 4.78 is 12.9. The van der Waals surface area contributed by atoms with E-state index in [1.54, 1.807) is 28.7 Å². The lowest BCUT2D eigenvalue weighted by molar-refractivity contribution is 0.103. The van der Waals surface area contributed by atoms with Crippen LogP contribution in [0.5, 0.6) is 11.5 Å². The van der Waals surface area contributed by atoms with Crippen molar-refractivity contribution in [1.29, 1.82) is 0 Å². The third-order valence-electron chi connectivity index (χ3n) is 4.67. The zero-order chi connectivity index (χ0) is 20.3. The molecule has 2 N–H and O–H groups in total. The minimum absolute atomic E-state index is 0.0916. The number of carbonyl (C=O) groups is 1. The average molecular weight is 446 g/mol. The summed E-state index contributed by atoms with van der Waals surface area (Å²) in [6.45, 7) is 1.96. The largest absolute Gasteiger partial charge is 0.454 e. The van der Waals surface area contributed by atoms with Gasteiger partial charge in [-0.3, -0.25) is 14.0 Å². The molecular formula is C19H12ClN3O4S2. The maximum Gasteiger partial charge on any atom is 0.269 e. The molecule has 0 bridgehead atoms. The van der Waals surface area contributed by atoms with Crippen LogP contribution in [0.25, 0.3) is 16.6 Å². The number of ether oxygens (including phenoxy) is 2. The van der Waals surface area contributed by atoms with Crippen LogP contribution in [0, 0.1) is 10.9 Å². The number of benzene rings is 2. The van der Waals surface area contributed by atoms with Crippen molar-refractivity contribution in [3.05, 3.63) is 60.1 Å². The average Bonchev–Trinajstić information content (AvgIpc) is 3.27. The Morgan fingerprint density at radius 2 is 2.03 bits per heavy atom. The molecule has 0 spiro atoms. The first-order valence-electron chi connectivity index (χ1n) is 8.51. The molecule has 0 atom stereocenters. The Labute approximate surface area is 177 Å². The number of nitrogens with one attached hydrogen (secondary N) is 2. The van der Waals surface area contributed by atoms with Gasteiger partial charge >= 0.3 is 0 Å². The Hall–Kier alpha value is -2.88. The molecule has 10 heteroatoms. The van der Waals surface area contributed by atoms with Gasteiger partial charge in [0.25, 0.3) is 11.5 Å². The Bertz CT molecular complexity index is 1450. The number of rotatable bonds is 2. The molecule has 5 rings (SSSR count). The van der Waals surface area contributed by atoms with Gasteiger partial charge < -0.3 is 19.8 Å². The molecule has 0 aliphatic carbocycles. The highest BCUT2D eigenvalue weighted by Crippen LogP contribution is 2.36. The smallest absolute Gasteiger partial charge is 0.269 e. The molecule has 0 radical (unpaired) electrons. The third-order valence-corrected chi connectivity index (χ3v) is 6.28. The summed E-state index contributed by atoms with van der Waals surface area (Å²) in [6.07, 6.45) is 0. The highest BCUT2D eigenvalue weighted by atomic mass is 35.5. The molecule has 0 fully saturated rings. The summed E-state index contributed by atoms with van der Waals surface area (Å²) in [5.41, 5.74) is 1.98. The number of fused-ring (bicyclic) bond motifs is 4. The van der Waals surface area contributed by atoms with Crippen LogP contribution >= 0.6 is 35.2 Å². The number of nitrogens with zero attached hydrogens (tertiary/aromatic N) is 1. The Morgan fingerprint density at radius 1 is 1.28 bits per heavy atom. The fourth-order valence-corrected chi connectivity index (χ4v) is 4.69. The normalized spacial score (nSPS) is 12.6. The molecule has 0 unspecified atom stereocenters. The predicted molar refractivity (Wildman–Crippen MR) is 114 cm³/mol. The second-order valence-electron chi connectivity index (χ2n) is 6.47. The molecule has 0 saturated carbocycles. The molecule has 2 aromatic carbocycles. The lowest BCUT2D eigenvalue weighted by atomic mass is 10.2. The van der Waals surface area contributed by atoms with Gasteiger partial charge in [0, 0.05) is 16.8 Å². The summed E-state index contributed by atoms with van der Waals surface area (Å²) in [4.78, 5) is 28.7. The monoisotopic (exact) mass is 445 g/mol. The van der Waals surface area contributed by atoms with Gasteiger partial charge in [0.1, 0.15) is 10.5 Å². The number of aryl methyl sites for hydroxylation is 1. The Balaban J connectivity index is 1.70. The number of aromatic amines is 1. The number of amides is 1. The molecule has 29 heavy (non-hydrogen) atoms. The van der Waals surface area contributed by atoms with E-state index in [1.807, 2.05) is 13.0 Å². The maximum absolute atomic E-state index is 13.0. The van der Waals surface area contributed by atoms with E-state index in [2.05, 4.69) is 10.3 Å². The van der Waals surface area contributed by atoms with Crippen molar-refractivity contribution in [2.45, 2.75) is 6.92 Å². The first-order valence-corrected chi connectivity index (χ1v) is 10.1. The van der Waals surface area contributed by atoms with E-state index >= 15 is 0 Å². The lowest BCUT2D eigenvalue weighted by Crippen LogP contribution is -2.15. The van der Waals surface area contributed by atoms with Crippen molar-refractivity contribution in [2.75, 3.05) is 12.1 Å². The molecule has 0 saturated heterocycles. The summed E-state index contributed by atoms with van der Waals surface area (Å²) in [5.74, 6) is 0.640. The van der Waals surface area contributed by atoms with Gasteiger partial charge in [-0.15, -0.1) is 0 Å². The molecule has 1 aliphatic heterocycles. The number of hydrogen-bond acceptors (Lipinski definition) is 6. The van der Waals surface area contributed by atoms with Crippen molar-refractivity contribution in [2.24, 2.45) is 0 Å². The van der Waals surface area contributed by atoms with Gasteiger partial charge in [0.2, 0.25) is 6.79 Å². The van der Waals surface area contributed by atoms with Gasteiger partial charge in [-0.1, -0.05) is 29.0 Å². The number of halogens is 1. The van der Waals surface area contributed by atoms with Crippen molar-refractivity contribution < 1.29 is 14.3 Å². The highest BCUT2D eigenvalue weighted by Gasteiger charge is 2.22. The fourth-order valence-electron chi connectivity index (χ4n) is 3.24. The number of anilines is 1. The standard InChI is InChI=1S/C19H12ClN3O4S2/c1-8-2-3-9(20)4-11(8)21-18(25)15-16-22-17(24)10-5-13-14(27-7-26-13)6-12(10)23(16)19(28)29-15/h2-6H,7H2,1H3,(H,21,25)(H,22,24). The molecule has 1 aliphatic rings.